The highest BCUT2D eigenvalue weighted by Gasteiger charge is 2.26. The van der Waals surface area contributed by atoms with E-state index in [0.29, 0.717) is 22.9 Å². The van der Waals surface area contributed by atoms with Crippen LogP contribution in [0.4, 0.5) is 22.2 Å². The number of nitrogens with zero attached hydrogens (tertiary/aromatic N) is 4. The molecule has 1 aromatic heterocycles. The predicted octanol–water partition coefficient (Wildman–Crippen LogP) is 5.44. The molecule has 1 aliphatic carbocycles. The molecule has 0 unspecified atom stereocenters. The average Bonchev–Trinajstić information content (AvgIpc) is 3.38. The van der Waals surface area contributed by atoms with Gasteiger partial charge in [-0.25, -0.2) is 9.78 Å². The number of hydrogen-bond acceptors (Lipinski definition) is 8. The summed E-state index contributed by atoms with van der Waals surface area (Å²) in [6, 6.07) is 9.18. The Balaban J connectivity index is 0.00000287. The highest BCUT2D eigenvalue weighted by Crippen LogP contribution is 2.25. The summed E-state index contributed by atoms with van der Waals surface area (Å²) in [5.74, 6) is 7.57. The summed E-state index contributed by atoms with van der Waals surface area (Å²) in [6.07, 6.45) is 4.54. The number of benzene rings is 1. The molecule has 0 bridgehead atoms. The number of anilines is 3. The minimum absolute atomic E-state index is 0.0109. The van der Waals surface area contributed by atoms with E-state index in [1.54, 1.807) is 58.3 Å². The highest BCUT2D eigenvalue weighted by molar-refractivity contribution is 5.82. The predicted molar refractivity (Wildman–Crippen MR) is 162 cm³/mol. The minimum Gasteiger partial charge on any atom is -0.444 e. The topological polar surface area (TPSA) is 132 Å². The molecule has 2 amide bonds. The zero-order chi connectivity index (χ0) is 30.4. The first-order chi connectivity index (χ1) is 19.6. The van der Waals surface area contributed by atoms with E-state index < -0.39 is 11.7 Å². The van der Waals surface area contributed by atoms with Crippen LogP contribution >= 0.6 is 0 Å². The van der Waals surface area contributed by atoms with E-state index in [4.69, 9.17) is 10.00 Å². The van der Waals surface area contributed by atoms with Crippen LogP contribution in [0.15, 0.2) is 30.5 Å². The van der Waals surface area contributed by atoms with E-state index in [9.17, 15) is 9.59 Å². The molecule has 0 spiro atoms. The lowest BCUT2D eigenvalue weighted by atomic mass is 10.1. The van der Waals surface area contributed by atoms with Crippen molar-refractivity contribution in [3.8, 4) is 17.9 Å². The summed E-state index contributed by atoms with van der Waals surface area (Å²) in [6.45, 7) is 12.1. The van der Waals surface area contributed by atoms with Crippen LogP contribution in [0.2, 0.25) is 0 Å². The lowest BCUT2D eigenvalue weighted by molar-refractivity contribution is -0.122. The van der Waals surface area contributed by atoms with Crippen LogP contribution in [0.25, 0.3) is 0 Å². The van der Waals surface area contributed by atoms with Crippen molar-refractivity contribution in [3.05, 3.63) is 41.6 Å². The number of hydrogen-bond donors (Lipinski definition) is 3. The SMILES string of the molecule is CC.CCCNc1nc(Nc2ccc(C#N)cc2)ncc1C#C[C@@H]1CC[C@H](NC(=O)CN(C)C(=O)OC(C)(C)C)C1. The van der Waals surface area contributed by atoms with Crippen molar-refractivity contribution in [2.24, 2.45) is 5.92 Å². The van der Waals surface area contributed by atoms with E-state index in [0.717, 1.165) is 37.9 Å². The van der Waals surface area contributed by atoms with Crippen molar-refractivity contribution in [1.82, 2.24) is 20.2 Å². The van der Waals surface area contributed by atoms with Crippen molar-refractivity contribution < 1.29 is 14.3 Å². The summed E-state index contributed by atoms with van der Waals surface area (Å²) < 4.78 is 5.30. The maximum absolute atomic E-state index is 12.5. The molecule has 3 N–H and O–H groups in total. The van der Waals surface area contributed by atoms with Gasteiger partial charge in [0.25, 0.3) is 0 Å². The maximum atomic E-state index is 12.5. The molecule has 0 saturated heterocycles. The van der Waals surface area contributed by atoms with E-state index in [1.807, 2.05) is 13.8 Å². The first-order valence-corrected chi connectivity index (χ1v) is 14.2. The fourth-order valence-electron chi connectivity index (χ4n) is 3.99. The lowest BCUT2D eigenvalue weighted by Crippen LogP contribution is -2.43. The Morgan fingerprint density at radius 2 is 1.88 bits per heavy atom. The molecule has 0 radical (unpaired) electrons. The Morgan fingerprint density at radius 1 is 1.17 bits per heavy atom. The summed E-state index contributed by atoms with van der Waals surface area (Å²) in [5, 5.41) is 18.5. The number of likely N-dealkylation sites (N-methyl/N-ethyl adjacent to an activating group) is 1. The number of aromatic nitrogens is 2. The number of ether oxygens (including phenoxy) is 1. The van der Waals surface area contributed by atoms with Gasteiger partial charge in [0, 0.05) is 31.2 Å². The van der Waals surface area contributed by atoms with Crippen molar-refractivity contribution >= 4 is 29.5 Å². The molecule has 1 heterocycles. The van der Waals surface area contributed by atoms with Crippen molar-refractivity contribution in [3.63, 3.8) is 0 Å². The monoisotopic (exact) mass is 561 g/mol. The molecule has 2 aromatic rings. The molecule has 3 rings (SSSR count). The Bertz CT molecular complexity index is 1250. The standard InChI is InChI=1S/C29H37N7O3.C2H6/c1-6-15-31-26-22(18-32-27(35-26)34-23-12-9-21(17-30)10-13-23)11-7-20-8-14-24(16-20)33-25(37)19-36(5)28(38)39-29(2,3)4;1-2/h9-10,12-13,18,20,24H,6,8,14-16,19H2,1-5H3,(H,33,37)(H2,31,32,34,35);1-2H3/t20-,24+;/m1./s1. The summed E-state index contributed by atoms with van der Waals surface area (Å²) in [5.41, 5.74) is 1.46. The van der Waals surface area contributed by atoms with E-state index in [2.05, 4.69) is 50.8 Å². The molecule has 1 saturated carbocycles. The molecule has 41 heavy (non-hydrogen) atoms. The average molecular weight is 562 g/mol. The smallest absolute Gasteiger partial charge is 0.410 e. The molecular weight excluding hydrogens is 518 g/mol. The van der Waals surface area contributed by atoms with Crippen molar-refractivity contribution in [2.75, 3.05) is 30.8 Å². The van der Waals surface area contributed by atoms with Crippen LogP contribution in [0.1, 0.15) is 78.4 Å². The van der Waals surface area contributed by atoms with Crippen LogP contribution < -0.4 is 16.0 Å². The van der Waals surface area contributed by atoms with Crippen LogP contribution in [0.5, 0.6) is 0 Å². The number of nitriles is 1. The lowest BCUT2D eigenvalue weighted by Gasteiger charge is -2.24. The minimum atomic E-state index is -0.613. The zero-order valence-corrected chi connectivity index (χ0v) is 25.3. The quantitative estimate of drug-likeness (QED) is 0.363. The fraction of sp³-hybridized carbons (Fsp3) is 0.516. The van der Waals surface area contributed by atoms with Gasteiger partial charge in [-0.2, -0.15) is 10.2 Å². The molecule has 1 aromatic carbocycles. The van der Waals surface area contributed by atoms with Crippen LogP contribution in [0, 0.1) is 29.1 Å². The first-order valence-electron chi connectivity index (χ1n) is 14.2. The van der Waals surface area contributed by atoms with Gasteiger partial charge in [-0.15, -0.1) is 0 Å². The third-order valence-corrected chi connectivity index (χ3v) is 5.90. The highest BCUT2D eigenvalue weighted by atomic mass is 16.6. The second-order valence-electron chi connectivity index (χ2n) is 10.6. The molecule has 1 fully saturated rings. The number of carbonyl (C=O) groups excluding carboxylic acids is 2. The second-order valence-corrected chi connectivity index (χ2v) is 10.6. The molecule has 220 valence electrons. The van der Waals surface area contributed by atoms with Crippen molar-refractivity contribution in [1.29, 1.82) is 5.26 Å². The second kappa shape index (κ2) is 16.1. The van der Waals surface area contributed by atoms with Crippen LogP contribution in [-0.2, 0) is 9.53 Å². The molecule has 10 heteroatoms. The van der Waals surface area contributed by atoms with Gasteiger partial charge in [0.15, 0.2) is 0 Å². The van der Waals surface area contributed by atoms with Gasteiger partial charge >= 0.3 is 6.09 Å². The Kier molecular flexibility index (Phi) is 12.9. The summed E-state index contributed by atoms with van der Waals surface area (Å²) in [4.78, 5) is 34.9. The third kappa shape index (κ3) is 11.4. The Morgan fingerprint density at radius 3 is 2.51 bits per heavy atom. The molecular formula is C31H43N7O3. The van der Waals surface area contributed by atoms with Gasteiger partial charge in [-0.05, 0) is 70.7 Å². The van der Waals surface area contributed by atoms with Crippen LogP contribution in [0.3, 0.4) is 0 Å². The van der Waals surface area contributed by atoms with Gasteiger partial charge in [-0.1, -0.05) is 32.6 Å². The van der Waals surface area contributed by atoms with Gasteiger partial charge in [-0.3, -0.25) is 4.79 Å². The van der Waals surface area contributed by atoms with Crippen LogP contribution in [-0.4, -0.2) is 58.6 Å². The Labute approximate surface area is 244 Å². The van der Waals surface area contributed by atoms with E-state index in [1.165, 1.54) is 4.90 Å². The number of nitrogens with one attached hydrogen (secondary N) is 3. The van der Waals surface area contributed by atoms with Gasteiger partial charge < -0.3 is 25.6 Å². The van der Waals surface area contributed by atoms with E-state index >= 15 is 0 Å². The molecule has 10 nitrogen and oxygen atoms in total. The molecule has 1 aliphatic rings. The number of rotatable bonds is 8. The van der Waals surface area contributed by atoms with Gasteiger partial charge in [0.1, 0.15) is 18.0 Å². The normalized spacial score (nSPS) is 15.7. The Hall–Kier alpha value is -4.31. The molecule has 2 atom stereocenters. The first kappa shape index (κ1) is 32.9. The largest absolute Gasteiger partial charge is 0.444 e. The summed E-state index contributed by atoms with van der Waals surface area (Å²) in [7, 11) is 1.55. The number of carbonyl (C=O) groups is 2. The maximum Gasteiger partial charge on any atom is 0.410 e. The summed E-state index contributed by atoms with van der Waals surface area (Å²) >= 11 is 0. The van der Waals surface area contributed by atoms with Gasteiger partial charge in [0.05, 0.1) is 23.4 Å². The van der Waals surface area contributed by atoms with Crippen molar-refractivity contribution in [2.45, 2.75) is 78.9 Å². The third-order valence-electron chi connectivity index (χ3n) is 5.90. The fourth-order valence-corrected chi connectivity index (χ4v) is 3.99. The number of amides is 2. The molecule has 0 aliphatic heterocycles. The van der Waals surface area contributed by atoms with Gasteiger partial charge in [0.2, 0.25) is 11.9 Å². The van der Waals surface area contributed by atoms with E-state index in [-0.39, 0.29) is 24.4 Å². The zero-order valence-electron chi connectivity index (χ0n) is 25.3.